The highest BCUT2D eigenvalue weighted by Gasteiger charge is 2.20. The standard InChI is InChI=1S/C11H19N3S/c1-9-12-7-11(8-13-10-3-4-10)14(9)5-6-15-2/h7,10,13H,3-6,8H2,1-2H3. The van der Waals surface area contributed by atoms with Gasteiger partial charge in [-0.1, -0.05) is 0 Å². The van der Waals surface area contributed by atoms with E-state index in [1.807, 2.05) is 18.0 Å². The highest BCUT2D eigenvalue weighted by atomic mass is 32.2. The van der Waals surface area contributed by atoms with E-state index < -0.39 is 0 Å². The second-order valence-electron chi connectivity index (χ2n) is 4.10. The van der Waals surface area contributed by atoms with E-state index in [-0.39, 0.29) is 0 Å². The fourth-order valence-electron chi connectivity index (χ4n) is 1.68. The Morgan fingerprint density at radius 3 is 3.07 bits per heavy atom. The van der Waals surface area contributed by atoms with Crippen LogP contribution in [-0.2, 0) is 13.1 Å². The maximum Gasteiger partial charge on any atom is 0.105 e. The van der Waals surface area contributed by atoms with Gasteiger partial charge < -0.3 is 9.88 Å². The molecule has 15 heavy (non-hydrogen) atoms. The molecule has 0 radical (unpaired) electrons. The number of hydrogen-bond acceptors (Lipinski definition) is 3. The van der Waals surface area contributed by atoms with E-state index in [0.29, 0.717) is 0 Å². The lowest BCUT2D eigenvalue weighted by Gasteiger charge is -2.09. The number of nitrogens with one attached hydrogen (secondary N) is 1. The summed E-state index contributed by atoms with van der Waals surface area (Å²) >= 11 is 1.88. The fourth-order valence-corrected chi connectivity index (χ4v) is 2.05. The van der Waals surface area contributed by atoms with E-state index in [1.165, 1.54) is 18.5 Å². The van der Waals surface area contributed by atoms with Gasteiger partial charge in [0.05, 0.1) is 5.69 Å². The Morgan fingerprint density at radius 1 is 1.60 bits per heavy atom. The molecule has 0 atom stereocenters. The van der Waals surface area contributed by atoms with Gasteiger partial charge in [-0.05, 0) is 26.0 Å². The van der Waals surface area contributed by atoms with Crippen molar-refractivity contribution < 1.29 is 0 Å². The molecular weight excluding hydrogens is 206 g/mol. The first kappa shape index (κ1) is 11.0. The molecule has 1 aliphatic carbocycles. The van der Waals surface area contributed by atoms with Crippen molar-refractivity contribution in [3.63, 3.8) is 0 Å². The van der Waals surface area contributed by atoms with E-state index >= 15 is 0 Å². The molecule has 3 nitrogen and oxygen atoms in total. The summed E-state index contributed by atoms with van der Waals surface area (Å²) in [5.41, 5.74) is 1.33. The Bertz CT molecular complexity index is 318. The summed E-state index contributed by atoms with van der Waals surface area (Å²) in [6, 6.07) is 0.772. The lowest BCUT2D eigenvalue weighted by molar-refractivity contribution is 0.619. The van der Waals surface area contributed by atoms with E-state index in [1.54, 1.807) is 0 Å². The summed E-state index contributed by atoms with van der Waals surface area (Å²) in [6.07, 6.45) is 6.84. The minimum Gasteiger partial charge on any atom is -0.330 e. The number of nitrogens with zero attached hydrogens (tertiary/aromatic N) is 2. The van der Waals surface area contributed by atoms with E-state index in [0.717, 1.165) is 30.7 Å². The predicted molar refractivity (Wildman–Crippen MR) is 65.2 cm³/mol. The molecule has 0 aliphatic heterocycles. The van der Waals surface area contributed by atoms with E-state index in [2.05, 4.69) is 28.0 Å². The van der Waals surface area contributed by atoms with Crippen molar-refractivity contribution in [1.82, 2.24) is 14.9 Å². The molecule has 0 spiro atoms. The van der Waals surface area contributed by atoms with E-state index in [9.17, 15) is 0 Å². The first-order valence-corrected chi connectivity index (χ1v) is 6.94. The summed E-state index contributed by atoms with van der Waals surface area (Å²) in [7, 11) is 0. The van der Waals surface area contributed by atoms with Crippen molar-refractivity contribution in [2.75, 3.05) is 12.0 Å². The zero-order valence-electron chi connectivity index (χ0n) is 9.49. The summed E-state index contributed by atoms with van der Waals surface area (Å²) in [4.78, 5) is 4.38. The van der Waals surface area contributed by atoms with Gasteiger partial charge in [0, 0.05) is 31.1 Å². The van der Waals surface area contributed by atoms with Crippen LogP contribution in [0.1, 0.15) is 24.4 Å². The van der Waals surface area contributed by atoms with Crippen molar-refractivity contribution in [3.8, 4) is 0 Å². The Kier molecular flexibility index (Phi) is 3.70. The molecule has 0 saturated heterocycles. The average Bonchev–Trinajstić information content (AvgIpc) is 2.99. The monoisotopic (exact) mass is 225 g/mol. The van der Waals surface area contributed by atoms with Gasteiger partial charge in [-0.15, -0.1) is 0 Å². The predicted octanol–water partition coefficient (Wildman–Crippen LogP) is 1.81. The zero-order chi connectivity index (χ0) is 10.7. The van der Waals surface area contributed by atoms with Gasteiger partial charge in [0.25, 0.3) is 0 Å². The average molecular weight is 225 g/mol. The second kappa shape index (κ2) is 5.03. The third kappa shape index (κ3) is 2.98. The van der Waals surface area contributed by atoms with Crippen molar-refractivity contribution in [2.45, 2.75) is 38.9 Å². The van der Waals surface area contributed by atoms with Gasteiger partial charge in [-0.2, -0.15) is 11.8 Å². The summed E-state index contributed by atoms with van der Waals surface area (Å²) < 4.78 is 2.33. The molecule has 4 heteroatoms. The molecule has 0 bridgehead atoms. The van der Waals surface area contributed by atoms with Gasteiger partial charge in [0.15, 0.2) is 0 Å². The van der Waals surface area contributed by atoms with Crippen LogP contribution in [0.5, 0.6) is 0 Å². The quantitative estimate of drug-likeness (QED) is 0.801. The van der Waals surface area contributed by atoms with Crippen LogP contribution >= 0.6 is 11.8 Å². The fraction of sp³-hybridized carbons (Fsp3) is 0.727. The van der Waals surface area contributed by atoms with E-state index in [4.69, 9.17) is 0 Å². The van der Waals surface area contributed by atoms with Crippen molar-refractivity contribution in [1.29, 1.82) is 0 Å². The first-order valence-electron chi connectivity index (χ1n) is 5.54. The van der Waals surface area contributed by atoms with Crippen molar-refractivity contribution in [2.24, 2.45) is 0 Å². The molecule has 1 aliphatic rings. The van der Waals surface area contributed by atoms with Crippen LogP contribution in [0.4, 0.5) is 0 Å². The molecule has 0 amide bonds. The van der Waals surface area contributed by atoms with Crippen LogP contribution in [-0.4, -0.2) is 27.6 Å². The molecule has 2 rings (SSSR count). The van der Waals surface area contributed by atoms with Crippen LogP contribution < -0.4 is 5.32 Å². The largest absolute Gasteiger partial charge is 0.330 e. The minimum atomic E-state index is 0.772. The van der Waals surface area contributed by atoms with Crippen LogP contribution in [0.3, 0.4) is 0 Å². The highest BCUT2D eigenvalue weighted by molar-refractivity contribution is 7.98. The normalized spacial score (nSPS) is 15.9. The molecule has 0 aromatic carbocycles. The smallest absolute Gasteiger partial charge is 0.105 e. The van der Waals surface area contributed by atoms with Gasteiger partial charge in [0.1, 0.15) is 5.82 Å². The third-order valence-corrected chi connectivity index (χ3v) is 3.40. The van der Waals surface area contributed by atoms with Crippen LogP contribution in [0.2, 0.25) is 0 Å². The number of imidazole rings is 1. The van der Waals surface area contributed by atoms with Crippen LogP contribution in [0.15, 0.2) is 6.20 Å². The molecule has 1 heterocycles. The Hall–Kier alpha value is -0.480. The zero-order valence-corrected chi connectivity index (χ0v) is 10.3. The maximum absolute atomic E-state index is 4.38. The molecule has 1 fully saturated rings. The molecule has 84 valence electrons. The molecular formula is C11H19N3S. The lowest BCUT2D eigenvalue weighted by Crippen LogP contribution is -2.19. The van der Waals surface area contributed by atoms with Gasteiger partial charge in [-0.25, -0.2) is 4.98 Å². The Morgan fingerprint density at radius 2 is 2.40 bits per heavy atom. The number of rotatable bonds is 6. The molecule has 1 aromatic heterocycles. The van der Waals surface area contributed by atoms with Gasteiger partial charge in [0.2, 0.25) is 0 Å². The SMILES string of the molecule is CSCCn1c(CNC2CC2)cnc1C. The van der Waals surface area contributed by atoms with Gasteiger partial charge >= 0.3 is 0 Å². The molecule has 1 saturated carbocycles. The minimum absolute atomic E-state index is 0.772. The lowest BCUT2D eigenvalue weighted by atomic mass is 10.4. The van der Waals surface area contributed by atoms with Crippen molar-refractivity contribution >= 4 is 11.8 Å². The number of thioether (sulfide) groups is 1. The van der Waals surface area contributed by atoms with Crippen LogP contribution in [0, 0.1) is 6.92 Å². The summed E-state index contributed by atoms with van der Waals surface area (Å²) in [5.74, 6) is 2.30. The molecule has 0 unspecified atom stereocenters. The number of aromatic nitrogens is 2. The van der Waals surface area contributed by atoms with Crippen molar-refractivity contribution in [3.05, 3.63) is 17.7 Å². The highest BCUT2D eigenvalue weighted by Crippen LogP contribution is 2.19. The summed E-state index contributed by atoms with van der Waals surface area (Å²) in [5, 5.41) is 3.54. The topological polar surface area (TPSA) is 29.9 Å². The first-order chi connectivity index (χ1) is 7.31. The molecule has 1 aromatic rings. The Balaban J connectivity index is 1.94. The number of aryl methyl sites for hydroxylation is 1. The molecule has 1 N–H and O–H groups in total. The van der Waals surface area contributed by atoms with Crippen LogP contribution in [0.25, 0.3) is 0 Å². The maximum atomic E-state index is 4.38. The second-order valence-corrected chi connectivity index (χ2v) is 5.08. The van der Waals surface area contributed by atoms with Gasteiger partial charge in [-0.3, -0.25) is 0 Å². The Labute approximate surface area is 95.7 Å². The summed E-state index contributed by atoms with van der Waals surface area (Å²) in [6.45, 7) is 4.13. The third-order valence-electron chi connectivity index (χ3n) is 2.81. The number of hydrogen-bond donors (Lipinski definition) is 1.